The zero-order valence-corrected chi connectivity index (χ0v) is 13.1. The number of nitrogens with zero attached hydrogens (tertiary/aromatic N) is 5. The van der Waals surface area contributed by atoms with Crippen molar-refractivity contribution in [3.05, 3.63) is 48.0 Å². The molecule has 0 spiro atoms. The number of rotatable bonds is 7. The smallest absolute Gasteiger partial charge is 0.172 e. The SMILES string of the molecule is NCCCNc1cncc(-c2cccc(C=Cc3nnn[nH]3)c2)n1. The van der Waals surface area contributed by atoms with E-state index in [1.165, 1.54) is 0 Å². The van der Waals surface area contributed by atoms with Gasteiger partial charge in [-0.2, -0.15) is 0 Å². The first-order chi connectivity index (χ1) is 11.8. The largest absolute Gasteiger partial charge is 0.369 e. The molecule has 2 heterocycles. The van der Waals surface area contributed by atoms with Gasteiger partial charge in [0.05, 0.1) is 18.1 Å². The van der Waals surface area contributed by atoms with Crippen molar-refractivity contribution in [1.29, 1.82) is 0 Å². The van der Waals surface area contributed by atoms with Crippen molar-refractivity contribution < 1.29 is 0 Å². The molecule has 0 aliphatic rings. The molecule has 2 aromatic heterocycles. The second-order valence-corrected chi connectivity index (χ2v) is 5.10. The molecule has 24 heavy (non-hydrogen) atoms. The highest BCUT2D eigenvalue weighted by Gasteiger charge is 2.02. The van der Waals surface area contributed by atoms with Gasteiger partial charge in [0.15, 0.2) is 5.82 Å². The van der Waals surface area contributed by atoms with Crippen molar-refractivity contribution in [1.82, 2.24) is 30.6 Å². The maximum absolute atomic E-state index is 5.50. The van der Waals surface area contributed by atoms with Gasteiger partial charge in [0.2, 0.25) is 0 Å². The average molecular weight is 322 g/mol. The minimum Gasteiger partial charge on any atom is -0.369 e. The molecule has 0 bridgehead atoms. The van der Waals surface area contributed by atoms with Crippen LogP contribution < -0.4 is 11.1 Å². The minimum absolute atomic E-state index is 0.603. The van der Waals surface area contributed by atoms with Crippen LogP contribution in [0.4, 0.5) is 5.82 Å². The quantitative estimate of drug-likeness (QED) is 0.565. The first-order valence-corrected chi connectivity index (χ1v) is 7.63. The molecule has 0 atom stereocenters. The second kappa shape index (κ2) is 7.93. The van der Waals surface area contributed by atoms with E-state index in [9.17, 15) is 0 Å². The molecule has 8 nitrogen and oxygen atoms in total. The number of nitrogens with two attached hydrogens (primary N) is 1. The predicted octanol–water partition coefficient (Wildman–Crippen LogP) is 1.59. The molecule has 1 aromatic carbocycles. The molecular weight excluding hydrogens is 304 g/mol. The Labute approximate surface area is 139 Å². The van der Waals surface area contributed by atoms with Crippen LogP contribution in [-0.4, -0.2) is 43.7 Å². The maximum atomic E-state index is 5.50. The Morgan fingerprint density at radius 1 is 1.21 bits per heavy atom. The van der Waals surface area contributed by atoms with Crippen LogP contribution in [0.25, 0.3) is 23.4 Å². The molecule has 0 aliphatic heterocycles. The highest BCUT2D eigenvalue weighted by atomic mass is 15.5. The molecular formula is C16H18N8. The van der Waals surface area contributed by atoms with Crippen molar-refractivity contribution in [3.8, 4) is 11.3 Å². The predicted molar refractivity (Wildman–Crippen MR) is 92.7 cm³/mol. The van der Waals surface area contributed by atoms with Crippen LogP contribution in [0.1, 0.15) is 17.8 Å². The molecule has 0 radical (unpaired) electrons. The molecule has 0 saturated heterocycles. The fraction of sp³-hybridized carbons (Fsp3) is 0.188. The third-order valence-electron chi connectivity index (χ3n) is 3.30. The lowest BCUT2D eigenvalue weighted by atomic mass is 10.1. The first kappa shape index (κ1) is 15.8. The number of hydrogen-bond donors (Lipinski definition) is 3. The van der Waals surface area contributed by atoms with Crippen LogP contribution in [-0.2, 0) is 0 Å². The lowest BCUT2D eigenvalue weighted by Gasteiger charge is -2.07. The van der Waals surface area contributed by atoms with Crippen LogP contribution in [0, 0.1) is 0 Å². The Morgan fingerprint density at radius 2 is 2.17 bits per heavy atom. The first-order valence-electron chi connectivity index (χ1n) is 7.63. The van der Waals surface area contributed by atoms with Crippen molar-refractivity contribution in [2.75, 3.05) is 18.4 Å². The van der Waals surface area contributed by atoms with Crippen LogP contribution in [0.3, 0.4) is 0 Å². The van der Waals surface area contributed by atoms with E-state index >= 15 is 0 Å². The van der Waals surface area contributed by atoms with Gasteiger partial charge in [-0.25, -0.2) is 10.1 Å². The topological polar surface area (TPSA) is 118 Å². The summed E-state index contributed by atoms with van der Waals surface area (Å²) < 4.78 is 0. The number of nitrogens with one attached hydrogen (secondary N) is 2. The summed E-state index contributed by atoms with van der Waals surface area (Å²) in [5, 5.41) is 16.8. The Bertz CT molecular complexity index is 797. The van der Waals surface area contributed by atoms with Gasteiger partial charge in [0.1, 0.15) is 5.82 Å². The van der Waals surface area contributed by atoms with Crippen LogP contribution in [0.15, 0.2) is 36.7 Å². The number of tetrazole rings is 1. The van der Waals surface area contributed by atoms with E-state index in [1.54, 1.807) is 12.4 Å². The molecule has 3 rings (SSSR count). The standard InChI is InChI=1S/C16H18N8/c17-7-2-8-19-16-11-18-10-14(20-16)13-4-1-3-12(9-13)5-6-15-21-23-24-22-15/h1,3-6,9-11H,2,7-8,17H2,(H,19,20)(H,21,22,23,24). The number of anilines is 1. The third kappa shape index (κ3) is 4.20. The van der Waals surface area contributed by atoms with Crippen molar-refractivity contribution >= 4 is 18.0 Å². The summed E-state index contributed by atoms with van der Waals surface area (Å²) in [6.07, 6.45) is 8.10. The van der Waals surface area contributed by atoms with E-state index in [4.69, 9.17) is 5.73 Å². The highest BCUT2D eigenvalue weighted by Crippen LogP contribution is 2.20. The normalized spacial score (nSPS) is 11.0. The zero-order chi connectivity index (χ0) is 16.6. The molecule has 0 fully saturated rings. The zero-order valence-electron chi connectivity index (χ0n) is 13.1. The molecule has 0 unspecified atom stereocenters. The van der Waals surface area contributed by atoms with E-state index in [1.807, 2.05) is 36.4 Å². The van der Waals surface area contributed by atoms with Crippen LogP contribution >= 0.6 is 0 Å². The van der Waals surface area contributed by atoms with E-state index in [0.29, 0.717) is 12.4 Å². The maximum Gasteiger partial charge on any atom is 0.172 e. The molecule has 0 saturated carbocycles. The molecule has 0 aliphatic carbocycles. The number of aromatic amines is 1. The van der Waals surface area contributed by atoms with Crippen LogP contribution in [0.2, 0.25) is 0 Å². The summed E-state index contributed by atoms with van der Waals surface area (Å²) in [4.78, 5) is 8.84. The van der Waals surface area contributed by atoms with Crippen molar-refractivity contribution in [3.63, 3.8) is 0 Å². The van der Waals surface area contributed by atoms with Gasteiger partial charge in [-0.3, -0.25) is 4.98 Å². The van der Waals surface area contributed by atoms with Gasteiger partial charge in [-0.15, -0.1) is 5.10 Å². The summed E-state index contributed by atoms with van der Waals surface area (Å²) in [7, 11) is 0. The lowest BCUT2D eigenvalue weighted by Crippen LogP contribution is -2.09. The van der Waals surface area contributed by atoms with Crippen molar-refractivity contribution in [2.24, 2.45) is 5.73 Å². The van der Waals surface area contributed by atoms with E-state index in [0.717, 1.165) is 35.6 Å². The number of hydrogen-bond acceptors (Lipinski definition) is 7. The average Bonchev–Trinajstić information content (AvgIpc) is 3.14. The van der Waals surface area contributed by atoms with E-state index in [-0.39, 0.29) is 0 Å². The minimum atomic E-state index is 0.603. The van der Waals surface area contributed by atoms with Gasteiger partial charge in [0, 0.05) is 12.1 Å². The Morgan fingerprint density at radius 3 is 3.00 bits per heavy atom. The van der Waals surface area contributed by atoms with E-state index < -0.39 is 0 Å². The summed E-state index contributed by atoms with van der Waals surface area (Å²) in [5.41, 5.74) is 8.32. The van der Waals surface area contributed by atoms with Gasteiger partial charge in [-0.1, -0.05) is 24.3 Å². The third-order valence-corrected chi connectivity index (χ3v) is 3.30. The Hall–Kier alpha value is -3.13. The number of aromatic nitrogens is 6. The Kier molecular flexibility index (Phi) is 5.21. The molecule has 4 N–H and O–H groups in total. The van der Waals surface area contributed by atoms with Gasteiger partial charge >= 0.3 is 0 Å². The molecule has 3 aromatic rings. The molecule has 122 valence electrons. The molecule has 0 amide bonds. The summed E-state index contributed by atoms with van der Waals surface area (Å²) in [6, 6.07) is 8.01. The number of benzene rings is 1. The summed E-state index contributed by atoms with van der Waals surface area (Å²) in [6.45, 7) is 1.43. The summed E-state index contributed by atoms with van der Waals surface area (Å²) in [5.74, 6) is 1.35. The Balaban J connectivity index is 1.77. The lowest BCUT2D eigenvalue weighted by molar-refractivity contribution is 0.869. The van der Waals surface area contributed by atoms with Gasteiger partial charge < -0.3 is 11.1 Å². The molecule has 8 heteroatoms. The highest BCUT2D eigenvalue weighted by molar-refractivity contribution is 5.71. The monoisotopic (exact) mass is 322 g/mol. The fourth-order valence-corrected chi connectivity index (χ4v) is 2.12. The fourth-order valence-electron chi connectivity index (χ4n) is 2.12. The van der Waals surface area contributed by atoms with E-state index in [2.05, 4.69) is 35.9 Å². The number of H-pyrrole nitrogens is 1. The summed E-state index contributed by atoms with van der Waals surface area (Å²) >= 11 is 0. The van der Waals surface area contributed by atoms with Crippen LogP contribution in [0.5, 0.6) is 0 Å². The van der Waals surface area contributed by atoms with Crippen molar-refractivity contribution in [2.45, 2.75) is 6.42 Å². The van der Waals surface area contributed by atoms with Gasteiger partial charge in [0.25, 0.3) is 0 Å². The van der Waals surface area contributed by atoms with Gasteiger partial charge in [-0.05, 0) is 41.1 Å². The second-order valence-electron chi connectivity index (χ2n) is 5.10.